The summed E-state index contributed by atoms with van der Waals surface area (Å²) < 4.78 is 36.6. The van der Waals surface area contributed by atoms with E-state index < -0.39 is 10.1 Å². The highest BCUT2D eigenvalue weighted by atomic mass is 35.5. The number of carbonyl (C=O) groups is 1. The molecule has 35 heavy (non-hydrogen) atoms. The fourth-order valence-corrected chi connectivity index (χ4v) is 5.51. The molecule has 7 nitrogen and oxygen atoms in total. The summed E-state index contributed by atoms with van der Waals surface area (Å²) in [5.74, 6) is 1.18. The normalized spacial score (nSPS) is 13.2. The molecule has 1 fully saturated rings. The van der Waals surface area contributed by atoms with Crippen LogP contribution >= 0.6 is 11.6 Å². The van der Waals surface area contributed by atoms with Crippen LogP contribution in [0.5, 0.6) is 11.5 Å². The van der Waals surface area contributed by atoms with Gasteiger partial charge in [0.25, 0.3) is 0 Å². The van der Waals surface area contributed by atoms with Crippen LogP contribution in [0.25, 0.3) is 0 Å². The van der Waals surface area contributed by atoms with Crippen LogP contribution in [0.15, 0.2) is 71.6 Å². The lowest BCUT2D eigenvalue weighted by Gasteiger charge is -2.24. The molecule has 184 valence electrons. The number of amides is 2. The zero-order chi connectivity index (χ0) is 25.0. The van der Waals surface area contributed by atoms with Gasteiger partial charge in [-0.3, -0.25) is 0 Å². The van der Waals surface area contributed by atoms with Crippen molar-refractivity contribution in [2.24, 2.45) is 5.92 Å². The van der Waals surface area contributed by atoms with Gasteiger partial charge in [0.05, 0.1) is 17.8 Å². The Morgan fingerprint density at radius 2 is 1.83 bits per heavy atom. The van der Waals surface area contributed by atoms with E-state index in [-0.39, 0.29) is 21.7 Å². The number of benzene rings is 3. The molecule has 1 aliphatic rings. The fourth-order valence-electron chi connectivity index (χ4n) is 3.79. The highest BCUT2D eigenvalue weighted by Gasteiger charge is 2.28. The van der Waals surface area contributed by atoms with Crippen molar-refractivity contribution in [3.8, 4) is 11.5 Å². The van der Waals surface area contributed by atoms with Crippen molar-refractivity contribution in [2.45, 2.75) is 31.2 Å². The standard InChI is InChI=1S/C26H27ClN2O5S/c1-18-7-5-10-22(27)25(18)35(31,32)34-21-9-6-8-20(15-21)17-29(16-19-13-14-19)26(30)28-23-11-3-4-12-24(23)33-2/h3-12,15,19H,13-14,16-17H2,1-2H3,(H,28,30). The first-order valence-electron chi connectivity index (χ1n) is 11.2. The molecule has 0 atom stereocenters. The van der Waals surface area contributed by atoms with E-state index in [0.29, 0.717) is 36.0 Å². The molecular weight excluding hydrogens is 488 g/mol. The minimum absolute atomic E-state index is 0.0568. The zero-order valence-corrected chi connectivity index (χ0v) is 21.1. The number of hydrogen-bond acceptors (Lipinski definition) is 5. The van der Waals surface area contributed by atoms with Gasteiger partial charge < -0.3 is 19.1 Å². The van der Waals surface area contributed by atoms with Crippen LogP contribution in [0.1, 0.15) is 24.0 Å². The van der Waals surface area contributed by atoms with Crippen LogP contribution in [-0.2, 0) is 16.7 Å². The van der Waals surface area contributed by atoms with E-state index in [1.54, 1.807) is 61.4 Å². The van der Waals surface area contributed by atoms with E-state index in [1.807, 2.05) is 18.2 Å². The second-order valence-electron chi connectivity index (χ2n) is 8.53. The van der Waals surface area contributed by atoms with Gasteiger partial charge in [0.15, 0.2) is 0 Å². The van der Waals surface area contributed by atoms with Crippen LogP contribution < -0.4 is 14.2 Å². The van der Waals surface area contributed by atoms with Crippen LogP contribution in [-0.4, -0.2) is 33.0 Å². The average Bonchev–Trinajstić information content (AvgIpc) is 3.63. The number of hydrogen-bond donors (Lipinski definition) is 1. The third kappa shape index (κ3) is 6.26. The number of nitrogens with zero attached hydrogens (tertiary/aromatic N) is 1. The van der Waals surface area contributed by atoms with Crippen molar-refractivity contribution in [3.63, 3.8) is 0 Å². The number of urea groups is 1. The van der Waals surface area contributed by atoms with Crippen molar-refractivity contribution in [2.75, 3.05) is 19.0 Å². The summed E-state index contributed by atoms with van der Waals surface area (Å²) in [4.78, 5) is 14.8. The van der Waals surface area contributed by atoms with Gasteiger partial charge in [0.2, 0.25) is 0 Å². The molecule has 3 aromatic rings. The van der Waals surface area contributed by atoms with Crippen LogP contribution in [0.4, 0.5) is 10.5 Å². The predicted molar refractivity (Wildman–Crippen MR) is 136 cm³/mol. The number of halogens is 1. The summed E-state index contributed by atoms with van der Waals surface area (Å²) in [5.41, 5.74) is 1.82. The monoisotopic (exact) mass is 514 g/mol. The second-order valence-corrected chi connectivity index (χ2v) is 10.4. The van der Waals surface area contributed by atoms with E-state index in [2.05, 4.69) is 5.32 Å². The third-order valence-electron chi connectivity index (χ3n) is 5.70. The molecule has 0 spiro atoms. The Morgan fingerprint density at radius 3 is 2.54 bits per heavy atom. The summed E-state index contributed by atoms with van der Waals surface area (Å²) in [6, 6.07) is 18.5. The van der Waals surface area contributed by atoms with Crippen LogP contribution in [0.2, 0.25) is 5.02 Å². The molecule has 0 heterocycles. The molecule has 0 radical (unpaired) electrons. The Kier molecular flexibility index (Phi) is 7.52. The Morgan fingerprint density at radius 1 is 1.09 bits per heavy atom. The Balaban J connectivity index is 1.52. The molecule has 1 N–H and O–H groups in total. The van der Waals surface area contributed by atoms with Crippen molar-refractivity contribution >= 4 is 33.4 Å². The van der Waals surface area contributed by atoms with Gasteiger partial charge in [-0.2, -0.15) is 8.42 Å². The summed E-state index contributed by atoms with van der Waals surface area (Å²) in [6.07, 6.45) is 2.16. The molecule has 0 aromatic heterocycles. The summed E-state index contributed by atoms with van der Waals surface area (Å²) in [6.45, 7) is 2.55. The third-order valence-corrected chi connectivity index (χ3v) is 7.58. The number of aryl methyl sites for hydroxylation is 1. The number of carbonyl (C=O) groups excluding carboxylic acids is 1. The number of para-hydroxylation sites is 2. The maximum absolute atomic E-state index is 13.1. The van der Waals surface area contributed by atoms with Gasteiger partial charge in [-0.1, -0.05) is 48.0 Å². The topological polar surface area (TPSA) is 84.9 Å². The van der Waals surface area contributed by atoms with Crippen molar-refractivity contribution in [1.82, 2.24) is 4.90 Å². The van der Waals surface area contributed by atoms with Crippen molar-refractivity contribution < 1.29 is 22.1 Å². The van der Waals surface area contributed by atoms with Gasteiger partial charge in [0.1, 0.15) is 16.4 Å². The molecule has 0 bridgehead atoms. The molecule has 0 aliphatic heterocycles. The molecule has 1 saturated carbocycles. The number of nitrogens with one attached hydrogen (secondary N) is 1. The van der Waals surface area contributed by atoms with Gasteiger partial charge >= 0.3 is 16.1 Å². The number of rotatable bonds is 9. The lowest BCUT2D eigenvalue weighted by molar-refractivity contribution is 0.206. The number of anilines is 1. The molecule has 1 aliphatic carbocycles. The fraction of sp³-hybridized carbons (Fsp3) is 0.269. The molecule has 0 saturated heterocycles. The predicted octanol–water partition coefficient (Wildman–Crippen LogP) is 5.87. The first-order valence-corrected chi connectivity index (χ1v) is 13.0. The second kappa shape index (κ2) is 10.6. The summed E-state index contributed by atoms with van der Waals surface area (Å²) >= 11 is 6.14. The quantitative estimate of drug-likeness (QED) is 0.361. The zero-order valence-electron chi connectivity index (χ0n) is 19.5. The first-order chi connectivity index (χ1) is 16.8. The first kappa shape index (κ1) is 24.9. The Labute approximate surface area is 210 Å². The van der Waals surface area contributed by atoms with E-state index in [0.717, 1.165) is 18.4 Å². The van der Waals surface area contributed by atoms with Gasteiger partial charge in [0, 0.05) is 13.1 Å². The van der Waals surface area contributed by atoms with Crippen molar-refractivity contribution in [1.29, 1.82) is 0 Å². The largest absolute Gasteiger partial charge is 0.495 e. The molecule has 2 amide bonds. The van der Waals surface area contributed by atoms with E-state index in [4.69, 9.17) is 20.5 Å². The Hall–Kier alpha value is -3.23. The van der Waals surface area contributed by atoms with E-state index in [9.17, 15) is 13.2 Å². The molecular formula is C26H27ClN2O5S. The molecule has 9 heteroatoms. The van der Waals surface area contributed by atoms with Gasteiger partial charge in [-0.05, 0) is 67.1 Å². The minimum atomic E-state index is -4.13. The lowest BCUT2D eigenvalue weighted by atomic mass is 10.2. The lowest BCUT2D eigenvalue weighted by Crippen LogP contribution is -2.36. The van der Waals surface area contributed by atoms with Crippen molar-refractivity contribution in [3.05, 3.63) is 82.9 Å². The SMILES string of the molecule is COc1ccccc1NC(=O)N(Cc1cccc(OS(=O)(=O)c2c(C)cccc2Cl)c1)CC1CC1. The highest BCUT2D eigenvalue weighted by Crippen LogP contribution is 2.32. The highest BCUT2D eigenvalue weighted by molar-refractivity contribution is 7.87. The molecule has 0 unspecified atom stereocenters. The van der Waals surface area contributed by atoms with Gasteiger partial charge in [-0.25, -0.2) is 4.79 Å². The van der Waals surface area contributed by atoms with Crippen LogP contribution in [0, 0.1) is 12.8 Å². The molecule has 4 rings (SSSR count). The summed E-state index contributed by atoms with van der Waals surface area (Å²) in [5, 5.41) is 3.02. The van der Waals surface area contributed by atoms with Crippen LogP contribution in [0.3, 0.4) is 0 Å². The average molecular weight is 515 g/mol. The smallest absolute Gasteiger partial charge is 0.340 e. The number of methoxy groups -OCH3 is 1. The maximum Gasteiger partial charge on any atom is 0.340 e. The minimum Gasteiger partial charge on any atom is -0.495 e. The van der Waals surface area contributed by atoms with E-state index >= 15 is 0 Å². The summed E-state index contributed by atoms with van der Waals surface area (Å²) in [7, 11) is -2.58. The molecule has 3 aromatic carbocycles. The van der Waals surface area contributed by atoms with Gasteiger partial charge in [-0.15, -0.1) is 0 Å². The van der Waals surface area contributed by atoms with E-state index in [1.165, 1.54) is 6.07 Å². The maximum atomic E-state index is 13.1. The number of ether oxygens (including phenoxy) is 1. The Bertz CT molecular complexity index is 1300.